The SMILES string of the molecule is [2H]C([2H])([2H])C([2H])([2H])C1c2nnc(C)n2-c2cnc(-c3ccncc3-c3ccccc3)nc2N1C([2H])(C([2H])([2H])[2H])C([2H])([2H])[2H]. The van der Waals surface area contributed by atoms with Gasteiger partial charge in [-0.15, -0.1) is 10.2 Å². The van der Waals surface area contributed by atoms with Gasteiger partial charge in [0.15, 0.2) is 17.5 Å². The number of fused-ring (bicyclic) bond motifs is 3. The molecule has 0 saturated heterocycles. The van der Waals surface area contributed by atoms with E-state index in [9.17, 15) is 0 Å². The number of anilines is 1. The summed E-state index contributed by atoms with van der Waals surface area (Å²) in [5.41, 5.74) is 1.66. The molecule has 0 saturated carbocycles. The summed E-state index contributed by atoms with van der Waals surface area (Å²) in [4.78, 5) is 13.6. The highest BCUT2D eigenvalue weighted by atomic mass is 15.4. The summed E-state index contributed by atoms with van der Waals surface area (Å²) < 4.78 is 101. The van der Waals surface area contributed by atoms with Gasteiger partial charge in [0, 0.05) is 44.6 Å². The standard InChI is InChI=1S/C24H25N7/c1-5-20-24-29-28-16(4)31(24)21-14-26-22(27-23(21)30(20)15(2)3)18-11-12-25-13-19(18)17-9-7-6-8-10-17/h6-15,20H,5H2,1-4H3/i1D3,2D3,3D3,5D2,15D. The minimum Gasteiger partial charge on any atom is -0.342 e. The maximum Gasteiger partial charge on any atom is 0.162 e. The molecule has 7 heteroatoms. The number of nitrogens with zero attached hydrogens (tertiary/aromatic N) is 7. The van der Waals surface area contributed by atoms with Crippen molar-refractivity contribution in [2.24, 2.45) is 0 Å². The summed E-state index contributed by atoms with van der Waals surface area (Å²) in [7, 11) is 0. The van der Waals surface area contributed by atoms with Crippen molar-refractivity contribution in [1.82, 2.24) is 29.7 Å². The second kappa shape index (κ2) is 7.58. The Morgan fingerprint density at radius 3 is 2.81 bits per heavy atom. The van der Waals surface area contributed by atoms with Gasteiger partial charge in [-0.1, -0.05) is 37.2 Å². The lowest BCUT2D eigenvalue weighted by Gasteiger charge is -2.39. The molecule has 7 nitrogen and oxygen atoms in total. The second-order valence-electron chi connectivity index (χ2n) is 6.90. The molecule has 0 amide bonds. The first-order chi connectivity index (χ1) is 19.8. The summed E-state index contributed by atoms with van der Waals surface area (Å²) in [6.07, 6.45) is 0.936. The highest BCUT2D eigenvalue weighted by Gasteiger charge is 2.36. The number of hydrogen-bond acceptors (Lipinski definition) is 6. The zero-order chi connectivity index (χ0) is 31.8. The van der Waals surface area contributed by atoms with Crippen LogP contribution in [-0.4, -0.2) is 35.7 Å². The fourth-order valence-corrected chi connectivity index (χ4v) is 3.72. The van der Waals surface area contributed by atoms with Gasteiger partial charge in [-0.25, -0.2) is 9.97 Å². The second-order valence-corrected chi connectivity index (χ2v) is 6.90. The summed E-state index contributed by atoms with van der Waals surface area (Å²) in [6, 6.07) is 4.81. The van der Waals surface area contributed by atoms with Gasteiger partial charge in [0.05, 0.1) is 13.6 Å². The molecule has 1 aromatic carbocycles. The summed E-state index contributed by atoms with van der Waals surface area (Å²) in [5.74, 6) is -0.797. The molecule has 156 valence electrons. The topological polar surface area (TPSA) is 72.6 Å². The van der Waals surface area contributed by atoms with E-state index in [4.69, 9.17) is 16.4 Å². The van der Waals surface area contributed by atoms with E-state index >= 15 is 0 Å². The first kappa shape index (κ1) is 10.1. The smallest absolute Gasteiger partial charge is 0.162 e. The molecule has 1 aliphatic rings. The molecule has 0 aliphatic carbocycles. The lowest BCUT2D eigenvalue weighted by Crippen LogP contribution is -2.40. The van der Waals surface area contributed by atoms with E-state index in [-0.39, 0.29) is 17.3 Å². The molecule has 0 radical (unpaired) electrons. The van der Waals surface area contributed by atoms with Crippen molar-refractivity contribution in [3.8, 4) is 28.2 Å². The monoisotopic (exact) mass is 423 g/mol. The lowest BCUT2D eigenvalue weighted by atomic mass is 10.0. The minimum atomic E-state index is -3.63. The van der Waals surface area contributed by atoms with Gasteiger partial charge in [-0.2, -0.15) is 0 Å². The molecule has 0 spiro atoms. The van der Waals surface area contributed by atoms with Gasteiger partial charge in [0.1, 0.15) is 11.5 Å². The van der Waals surface area contributed by atoms with Crippen molar-refractivity contribution in [1.29, 1.82) is 0 Å². The molecule has 0 fully saturated rings. The molecular weight excluding hydrogens is 386 g/mol. The summed E-state index contributed by atoms with van der Waals surface area (Å²) in [5, 5.41) is 7.89. The van der Waals surface area contributed by atoms with E-state index in [1.807, 2.05) is 18.2 Å². The number of pyridine rings is 1. The van der Waals surface area contributed by atoms with Gasteiger partial charge >= 0.3 is 0 Å². The Balaban J connectivity index is 1.90. The number of aromatic nitrogens is 6. The van der Waals surface area contributed by atoms with Crippen LogP contribution in [-0.2, 0) is 0 Å². The number of hydrogen-bond donors (Lipinski definition) is 0. The van der Waals surface area contributed by atoms with E-state index < -0.39 is 50.6 Å². The number of aryl methyl sites for hydroxylation is 1. The first-order valence-electron chi connectivity index (χ1n) is 15.4. The average Bonchev–Trinajstić information content (AvgIpc) is 3.31. The third kappa shape index (κ3) is 3.08. The highest BCUT2D eigenvalue weighted by molar-refractivity contribution is 5.80. The Hall–Kier alpha value is -3.61. The molecule has 31 heavy (non-hydrogen) atoms. The Labute approximate surface area is 198 Å². The van der Waals surface area contributed by atoms with Crippen LogP contribution in [0.2, 0.25) is 0 Å². The average molecular weight is 424 g/mol. The molecule has 5 rings (SSSR count). The fraction of sp³-hybridized carbons (Fsp3) is 0.292. The molecular formula is C24H25N7. The van der Waals surface area contributed by atoms with Crippen LogP contribution >= 0.6 is 0 Å². The van der Waals surface area contributed by atoms with E-state index in [0.29, 0.717) is 16.0 Å². The van der Waals surface area contributed by atoms with Crippen molar-refractivity contribution in [2.75, 3.05) is 4.90 Å². The van der Waals surface area contributed by atoms with E-state index in [1.165, 1.54) is 23.9 Å². The number of rotatable bonds is 4. The quantitative estimate of drug-likeness (QED) is 0.471. The molecule has 4 heterocycles. The van der Waals surface area contributed by atoms with E-state index in [2.05, 4.69) is 25.1 Å². The molecule has 1 atom stereocenters. The van der Waals surface area contributed by atoms with Gasteiger partial charge < -0.3 is 4.90 Å². The van der Waals surface area contributed by atoms with Crippen LogP contribution in [0.25, 0.3) is 28.2 Å². The Morgan fingerprint density at radius 1 is 1.13 bits per heavy atom. The van der Waals surface area contributed by atoms with Crippen molar-refractivity contribution in [3.63, 3.8) is 0 Å². The van der Waals surface area contributed by atoms with Crippen molar-refractivity contribution in [2.45, 2.75) is 45.9 Å². The van der Waals surface area contributed by atoms with Gasteiger partial charge in [0.25, 0.3) is 0 Å². The fourth-order valence-electron chi connectivity index (χ4n) is 3.72. The van der Waals surface area contributed by atoms with Crippen LogP contribution in [0, 0.1) is 6.92 Å². The van der Waals surface area contributed by atoms with Crippen LogP contribution in [0.4, 0.5) is 5.82 Å². The van der Waals surface area contributed by atoms with Crippen LogP contribution in [0.3, 0.4) is 0 Å². The van der Waals surface area contributed by atoms with E-state index in [1.54, 1.807) is 24.4 Å². The van der Waals surface area contributed by atoms with Crippen LogP contribution in [0.15, 0.2) is 55.0 Å². The third-order valence-electron chi connectivity index (χ3n) is 5.10. The summed E-state index contributed by atoms with van der Waals surface area (Å²) in [6.45, 7) is -9.20. The molecule has 1 aliphatic heterocycles. The number of benzene rings is 1. The first-order valence-corrected chi connectivity index (χ1v) is 9.41. The summed E-state index contributed by atoms with van der Waals surface area (Å²) >= 11 is 0. The van der Waals surface area contributed by atoms with Crippen LogP contribution in [0.1, 0.15) is 61.1 Å². The maximum atomic E-state index is 9.09. The van der Waals surface area contributed by atoms with Crippen LogP contribution in [0.5, 0.6) is 0 Å². The van der Waals surface area contributed by atoms with Gasteiger partial charge in [-0.05, 0) is 38.6 Å². The zero-order valence-corrected chi connectivity index (χ0v) is 16.4. The zero-order valence-electron chi connectivity index (χ0n) is 28.4. The third-order valence-corrected chi connectivity index (χ3v) is 5.10. The Kier molecular flexibility index (Phi) is 2.48. The van der Waals surface area contributed by atoms with Crippen molar-refractivity contribution >= 4 is 5.82 Å². The lowest BCUT2D eigenvalue weighted by molar-refractivity contribution is 0.496. The minimum absolute atomic E-state index is 0.0363. The highest BCUT2D eigenvalue weighted by Crippen LogP contribution is 2.41. The van der Waals surface area contributed by atoms with E-state index in [0.717, 1.165) is 5.56 Å². The van der Waals surface area contributed by atoms with Crippen LogP contribution < -0.4 is 4.90 Å². The molecule has 0 N–H and O–H groups in total. The molecule has 0 bridgehead atoms. The van der Waals surface area contributed by atoms with Crippen molar-refractivity contribution < 1.29 is 16.4 Å². The molecule has 1 unspecified atom stereocenters. The molecule has 4 aromatic rings. The Morgan fingerprint density at radius 2 is 2.00 bits per heavy atom. The largest absolute Gasteiger partial charge is 0.342 e. The van der Waals surface area contributed by atoms with Crippen molar-refractivity contribution in [3.05, 3.63) is 66.6 Å². The molecule has 3 aromatic heterocycles. The van der Waals surface area contributed by atoms with Gasteiger partial charge in [-0.3, -0.25) is 9.55 Å². The predicted octanol–water partition coefficient (Wildman–Crippen LogP) is 4.77. The predicted molar refractivity (Wildman–Crippen MR) is 121 cm³/mol. The normalized spacial score (nSPS) is 22.9. The van der Waals surface area contributed by atoms with Gasteiger partial charge in [0.2, 0.25) is 0 Å². The Bertz CT molecular complexity index is 1650. The maximum absolute atomic E-state index is 9.09.